The number of halogens is 2. The number of hydrogen-bond acceptors (Lipinski definition) is 4. The number of nitrogens with two attached hydrogens (primary N) is 1. The molecule has 1 heterocycles. The molecule has 0 aliphatic carbocycles. The minimum atomic E-state index is -0.921. The van der Waals surface area contributed by atoms with Crippen LogP contribution in [0.1, 0.15) is 18.9 Å². The van der Waals surface area contributed by atoms with Crippen molar-refractivity contribution in [2.45, 2.75) is 25.8 Å². The SMILES string of the molecule is CCCN(C(=O)[C@@H](N)Cc1cc(F)cc(F)c1)c1ccc2nccnc2c1.S. The van der Waals surface area contributed by atoms with Gasteiger partial charge >= 0.3 is 0 Å². The number of rotatable bonds is 6. The summed E-state index contributed by atoms with van der Waals surface area (Å²) in [5.41, 5.74) is 8.47. The molecule has 3 rings (SSSR count). The Balaban J connectivity index is 0.00000280. The van der Waals surface area contributed by atoms with Crippen LogP contribution in [0.4, 0.5) is 14.5 Å². The quantitative estimate of drug-likeness (QED) is 0.684. The van der Waals surface area contributed by atoms with E-state index in [1.165, 1.54) is 12.1 Å². The number of amides is 1. The lowest BCUT2D eigenvalue weighted by Crippen LogP contribution is -2.45. The molecule has 2 aromatic carbocycles. The van der Waals surface area contributed by atoms with Crippen LogP contribution < -0.4 is 10.6 Å². The van der Waals surface area contributed by atoms with Crippen LogP contribution in [-0.4, -0.2) is 28.5 Å². The third kappa shape index (κ3) is 5.02. The molecule has 0 spiro atoms. The molecular weight excluding hydrogens is 382 g/mol. The Morgan fingerprint density at radius 1 is 1.07 bits per heavy atom. The van der Waals surface area contributed by atoms with Crippen molar-refractivity contribution < 1.29 is 13.6 Å². The van der Waals surface area contributed by atoms with E-state index in [9.17, 15) is 13.6 Å². The van der Waals surface area contributed by atoms with E-state index >= 15 is 0 Å². The summed E-state index contributed by atoms with van der Waals surface area (Å²) in [6, 6.07) is 7.61. The maximum absolute atomic E-state index is 13.4. The van der Waals surface area contributed by atoms with Gasteiger partial charge < -0.3 is 10.6 Å². The summed E-state index contributed by atoms with van der Waals surface area (Å²) in [5, 5.41) is 0. The molecule has 3 aromatic rings. The first-order valence-electron chi connectivity index (χ1n) is 8.70. The number of fused-ring (bicyclic) bond motifs is 1. The molecule has 1 amide bonds. The summed E-state index contributed by atoms with van der Waals surface area (Å²) >= 11 is 0. The average molecular weight is 404 g/mol. The lowest BCUT2D eigenvalue weighted by molar-refractivity contribution is -0.119. The highest BCUT2D eigenvalue weighted by Crippen LogP contribution is 2.21. The van der Waals surface area contributed by atoms with Crippen molar-refractivity contribution in [1.82, 2.24) is 9.97 Å². The van der Waals surface area contributed by atoms with Crippen molar-refractivity contribution in [2.24, 2.45) is 5.73 Å². The first kappa shape index (κ1) is 21.7. The normalized spacial score (nSPS) is 11.7. The molecule has 28 heavy (non-hydrogen) atoms. The highest BCUT2D eigenvalue weighted by atomic mass is 32.1. The molecule has 1 atom stereocenters. The van der Waals surface area contributed by atoms with E-state index in [1.54, 1.807) is 35.5 Å². The molecule has 0 bridgehead atoms. The summed E-state index contributed by atoms with van der Waals surface area (Å²) < 4.78 is 26.8. The van der Waals surface area contributed by atoms with Crippen molar-refractivity contribution in [3.8, 4) is 0 Å². The lowest BCUT2D eigenvalue weighted by Gasteiger charge is -2.25. The monoisotopic (exact) mass is 404 g/mol. The maximum Gasteiger partial charge on any atom is 0.244 e. The fraction of sp³-hybridized carbons (Fsp3) is 0.250. The Bertz CT molecular complexity index is 950. The first-order valence-corrected chi connectivity index (χ1v) is 8.70. The first-order chi connectivity index (χ1) is 13.0. The molecule has 5 nitrogen and oxygen atoms in total. The van der Waals surface area contributed by atoms with Crippen LogP contribution in [0.3, 0.4) is 0 Å². The van der Waals surface area contributed by atoms with Gasteiger partial charge in [-0.2, -0.15) is 13.5 Å². The summed E-state index contributed by atoms with van der Waals surface area (Å²) in [5.74, 6) is -1.70. The molecule has 0 unspecified atom stereocenters. The molecule has 0 saturated carbocycles. The summed E-state index contributed by atoms with van der Waals surface area (Å²) in [7, 11) is 0. The second kappa shape index (κ2) is 9.57. The predicted octanol–water partition coefficient (Wildman–Crippen LogP) is 3.33. The largest absolute Gasteiger partial charge is 0.320 e. The van der Waals surface area contributed by atoms with Crippen molar-refractivity contribution in [3.05, 3.63) is 66.0 Å². The summed E-state index contributed by atoms with van der Waals surface area (Å²) in [4.78, 5) is 23.0. The van der Waals surface area contributed by atoms with E-state index in [1.807, 2.05) is 6.92 Å². The number of benzene rings is 2. The van der Waals surface area contributed by atoms with Crippen molar-refractivity contribution in [1.29, 1.82) is 0 Å². The Kier molecular flexibility index (Phi) is 7.42. The van der Waals surface area contributed by atoms with Gasteiger partial charge in [0, 0.05) is 30.7 Å². The van der Waals surface area contributed by atoms with Crippen LogP contribution in [0.15, 0.2) is 48.8 Å². The fourth-order valence-corrected chi connectivity index (χ4v) is 2.98. The Morgan fingerprint density at radius 3 is 2.36 bits per heavy atom. The van der Waals surface area contributed by atoms with E-state index in [2.05, 4.69) is 9.97 Å². The zero-order valence-corrected chi connectivity index (χ0v) is 16.4. The van der Waals surface area contributed by atoms with Crippen LogP contribution >= 0.6 is 13.5 Å². The van der Waals surface area contributed by atoms with E-state index in [4.69, 9.17) is 5.73 Å². The van der Waals surface area contributed by atoms with Gasteiger partial charge in [0.2, 0.25) is 5.91 Å². The highest BCUT2D eigenvalue weighted by molar-refractivity contribution is 7.59. The molecule has 148 valence electrons. The van der Waals surface area contributed by atoms with Gasteiger partial charge in [-0.15, -0.1) is 0 Å². The topological polar surface area (TPSA) is 72.1 Å². The van der Waals surface area contributed by atoms with Gasteiger partial charge in [0.15, 0.2) is 0 Å². The van der Waals surface area contributed by atoms with Crippen LogP contribution in [0.5, 0.6) is 0 Å². The maximum atomic E-state index is 13.4. The van der Waals surface area contributed by atoms with E-state index < -0.39 is 17.7 Å². The van der Waals surface area contributed by atoms with Gasteiger partial charge in [0.05, 0.1) is 17.1 Å². The molecule has 0 saturated heterocycles. The van der Waals surface area contributed by atoms with E-state index in [0.29, 0.717) is 23.3 Å². The third-order valence-electron chi connectivity index (χ3n) is 4.17. The third-order valence-corrected chi connectivity index (χ3v) is 4.17. The van der Waals surface area contributed by atoms with Crippen LogP contribution in [0.25, 0.3) is 11.0 Å². The molecule has 0 aliphatic heterocycles. The number of anilines is 1. The van der Waals surface area contributed by atoms with Gasteiger partial charge in [0.1, 0.15) is 11.6 Å². The van der Waals surface area contributed by atoms with Gasteiger partial charge in [-0.3, -0.25) is 14.8 Å². The summed E-state index contributed by atoms with van der Waals surface area (Å²) in [6.45, 7) is 2.42. The number of aromatic nitrogens is 2. The minimum Gasteiger partial charge on any atom is -0.320 e. The second-order valence-electron chi connectivity index (χ2n) is 6.31. The molecule has 2 N–H and O–H groups in total. The number of nitrogens with zero attached hydrogens (tertiary/aromatic N) is 3. The predicted molar refractivity (Wildman–Crippen MR) is 111 cm³/mol. The van der Waals surface area contributed by atoms with Crippen LogP contribution in [0, 0.1) is 11.6 Å². The van der Waals surface area contributed by atoms with Crippen LogP contribution in [-0.2, 0) is 11.2 Å². The molecular formula is C20H22F2N4OS. The Hall–Kier alpha value is -2.58. The smallest absolute Gasteiger partial charge is 0.244 e. The molecule has 1 aromatic heterocycles. The van der Waals surface area contributed by atoms with Crippen molar-refractivity contribution in [2.75, 3.05) is 11.4 Å². The minimum absolute atomic E-state index is 0. The van der Waals surface area contributed by atoms with Gasteiger partial charge in [-0.1, -0.05) is 6.92 Å². The Morgan fingerprint density at radius 2 is 1.71 bits per heavy atom. The fourth-order valence-electron chi connectivity index (χ4n) is 2.98. The Labute approximate surface area is 169 Å². The standard InChI is InChI=1S/C20H20F2N4O.H2S/c1-2-7-26(16-3-4-18-19(12-16)25-6-5-24-18)20(27)17(23)10-13-8-14(21)11-15(22)9-13;/h3-6,8-9,11-12,17H,2,7,10,23H2,1H3;1H2/t17-;/m0./s1. The van der Waals surface area contributed by atoms with Crippen molar-refractivity contribution in [3.63, 3.8) is 0 Å². The molecule has 0 fully saturated rings. The van der Waals surface area contributed by atoms with Gasteiger partial charge in [0.25, 0.3) is 0 Å². The van der Waals surface area contributed by atoms with E-state index in [0.717, 1.165) is 18.0 Å². The van der Waals surface area contributed by atoms with E-state index in [-0.39, 0.29) is 25.8 Å². The highest BCUT2D eigenvalue weighted by Gasteiger charge is 2.23. The molecule has 8 heteroatoms. The van der Waals surface area contributed by atoms with Crippen molar-refractivity contribution >= 4 is 36.1 Å². The number of carbonyl (C=O) groups is 1. The molecule has 0 radical (unpaired) electrons. The second-order valence-corrected chi connectivity index (χ2v) is 6.31. The summed E-state index contributed by atoms with van der Waals surface area (Å²) in [6.07, 6.45) is 3.96. The lowest BCUT2D eigenvalue weighted by atomic mass is 10.0. The zero-order chi connectivity index (χ0) is 19.4. The number of carbonyl (C=O) groups excluding carboxylic acids is 1. The van der Waals surface area contributed by atoms with Gasteiger partial charge in [-0.05, 0) is 48.7 Å². The van der Waals surface area contributed by atoms with Gasteiger partial charge in [-0.25, -0.2) is 8.78 Å². The average Bonchev–Trinajstić information content (AvgIpc) is 2.64. The van der Waals surface area contributed by atoms with Crippen LogP contribution in [0.2, 0.25) is 0 Å². The zero-order valence-electron chi connectivity index (χ0n) is 15.4. The molecule has 0 aliphatic rings. The number of hydrogen-bond donors (Lipinski definition) is 1.